The maximum absolute atomic E-state index is 13.7. The van der Waals surface area contributed by atoms with Crippen LogP contribution in [0.2, 0.25) is 10.0 Å². The molecule has 0 bridgehead atoms. The minimum Gasteiger partial charge on any atom is -0.319 e. The van der Waals surface area contributed by atoms with Gasteiger partial charge in [0, 0.05) is 10.7 Å². The van der Waals surface area contributed by atoms with Gasteiger partial charge in [-0.3, -0.25) is 9.52 Å². The number of nitrogens with one attached hydrogen (secondary N) is 2. The van der Waals surface area contributed by atoms with Crippen LogP contribution in [0.1, 0.15) is 10.4 Å². The van der Waals surface area contributed by atoms with Crippen molar-refractivity contribution in [1.29, 1.82) is 0 Å². The summed E-state index contributed by atoms with van der Waals surface area (Å²) in [5.74, 6) is -1.28. The first kappa shape index (κ1) is 20.1. The van der Waals surface area contributed by atoms with Crippen LogP contribution in [-0.2, 0) is 10.0 Å². The van der Waals surface area contributed by atoms with Crippen LogP contribution in [0.15, 0.2) is 71.6 Å². The van der Waals surface area contributed by atoms with Crippen molar-refractivity contribution in [1.82, 2.24) is 0 Å². The molecular weight excluding hydrogens is 426 g/mol. The van der Waals surface area contributed by atoms with Crippen LogP contribution in [0.5, 0.6) is 0 Å². The first-order valence-electron chi connectivity index (χ1n) is 7.90. The van der Waals surface area contributed by atoms with Gasteiger partial charge in [0.15, 0.2) is 0 Å². The quantitative estimate of drug-likeness (QED) is 0.575. The van der Waals surface area contributed by atoms with E-state index in [1.165, 1.54) is 60.7 Å². The zero-order chi connectivity index (χ0) is 20.3. The maximum atomic E-state index is 13.7. The van der Waals surface area contributed by atoms with Crippen molar-refractivity contribution in [3.63, 3.8) is 0 Å². The summed E-state index contributed by atoms with van der Waals surface area (Å²) in [5, 5.41) is 2.89. The predicted molar refractivity (Wildman–Crippen MR) is 108 cm³/mol. The van der Waals surface area contributed by atoms with Gasteiger partial charge in [0.25, 0.3) is 15.9 Å². The molecular formula is C19H13Cl2FN2O3S. The first-order chi connectivity index (χ1) is 13.3. The van der Waals surface area contributed by atoms with Crippen LogP contribution in [0.25, 0.3) is 0 Å². The van der Waals surface area contributed by atoms with Gasteiger partial charge >= 0.3 is 0 Å². The van der Waals surface area contributed by atoms with Gasteiger partial charge in [-0.25, -0.2) is 12.8 Å². The Bertz CT molecular complexity index is 1140. The zero-order valence-corrected chi connectivity index (χ0v) is 16.4. The maximum Gasteiger partial charge on any atom is 0.261 e. The second kappa shape index (κ2) is 8.18. The molecule has 5 nitrogen and oxygen atoms in total. The smallest absolute Gasteiger partial charge is 0.261 e. The number of para-hydroxylation sites is 1. The van der Waals surface area contributed by atoms with E-state index in [0.717, 1.165) is 0 Å². The monoisotopic (exact) mass is 438 g/mol. The second-order valence-corrected chi connectivity index (χ2v) is 8.21. The Hall–Kier alpha value is -2.61. The summed E-state index contributed by atoms with van der Waals surface area (Å²) in [4.78, 5) is 12.5. The number of amides is 1. The number of halogens is 3. The summed E-state index contributed by atoms with van der Waals surface area (Å²) in [6, 6.07) is 15.3. The minimum absolute atomic E-state index is 0.00390. The zero-order valence-electron chi connectivity index (χ0n) is 14.1. The largest absolute Gasteiger partial charge is 0.319 e. The molecule has 0 radical (unpaired) electrons. The van der Waals surface area contributed by atoms with Gasteiger partial charge in [-0.1, -0.05) is 35.3 Å². The van der Waals surface area contributed by atoms with E-state index in [1.54, 1.807) is 6.07 Å². The molecule has 0 fully saturated rings. The molecule has 0 aliphatic rings. The molecule has 0 spiro atoms. The number of benzene rings is 3. The lowest BCUT2D eigenvalue weighted by Gasteiger charge is -2.12. The van der Waals surface area contributed by atoms with Crippen LogP contribution >= 0.6 is 23.2 Å². The topological polar surface area (TPSA) is 75.3 Å². The lowest BCUT2D eigenvalue weighted by atomic mass is 10.2. The highest BCUT2D eigenvalue weighted by atomic mass is 35.5. The van der Waals surface area contributed by atoms with Gasteiger partial charge in [0.2, 0.25) is 0 Å². The number of anilines is 2. The SMILES string of the molecule is O=C(Nc1ccccc1F)c1cc(NS(=O)(=O)c2ccc(Cl)cc2)ccc1Cl. The predicted octanol–water partition coefficient (Wildman–Crippen LogP) is 5.19. The normalized spacial score (nSPS) is 11.1. The van der Waals surface area contributed by atoms with Crippen LogP contribution < -0.4 is 10.0 Å². The van der Waals surface area contributed by atoms with E-state index in [9.17, 15) is 17.6 Å². The Labute approximate surface area is 171 Å². The summed E-state index contributed by atoms with van der Waals surface area (Å²) in [7, 11) is -3.89. The average Bonchev–Trinajstić information content (AvgIpc) is 2.65. The lowest BCUT2D eigenvalue weighted by Crippen LogP contribution is -2.16. The number of carbonyl (C=O) groups is 1. The third-order valence-electron chi connectivity index (χ3n) is 3.71. The molecule has 2 N–H and O–H groups in total. The summed E-state index contributed by atoms with van der Waals surface area (Å²) in [5.41, 5.74) is 0.0926. The molecule has 3 aromatic carbocycles. The molecule has 1 amide bonds. The summed E-state index contributed by atoms with van der Waals surface area (Å²) < 4.78 is 41.1. The number of rotatable bonds is 5. The van der Waals surface area contributed by atoms with E-state index in [2.05, 4.69) is 10.0 Å². The molecule has 0 atom stereocenters. The third-order valence-corrected chi connectivity index (χ3v) is 5.69. The van der Waals surface area contributed by atoms with Gasteiger partial charge in [0.1, 0.15) is 5.82 Å². The lowest BCUT2D eigenvalue weighted by molar-refractivity contribution is 0.102. The van der Waals surface area contributed by atoms with Crippen molar-refractivity contribution >= 4 is 50.5 Å². The Kier molecular flexibility index (Phi) is 5.88. The van der Waals surface area contributed by atoms with Crippen molar-refractivity contribution in [3.8, 4) is 0 Å². The Morgan fingerprint density at radius 1 is 0.929 bits per heavy atom. The van der Waals surface area contributed by atoms with Gasteiger partial charge in [-0.05, 0) is 54.6 Å². The minimum atomic E-state index is -3.89. The van der Waals surface area contributed by atoms with Crippen molar-refractivity contribution in [2.75, 3.05) is 10.0 Å². The van der Waals surface area contributed by atoms with Gasteiger partial charge < -0.3 is 5.32 Å². The molecule has 0 heterocycles. The molecule has 28 heavy (non-hydrogen) atoms. The van der Waals surface area contributed by atoms with Gasteiger partial charge in [0.05, 0.1) is 21.2 Å². The van der Waals surface area contributed by atoms with E-state index in [-0.39, 0.29) is 26.9 Å². The number of hydrogen-bond acceptors (Lipinski definition) is 3. The molecule has 9 heteroatoms. The van der Waals surface area contributed by atoms with E-state index in [1.807, 2.05) is 0 Å². The molecule has 3 rings (SSSR count). The average molecular weight is 439 g/mol. The molecule has 0 aliphatic heterocycles. The Morgan fingerprint density at radius 2 is 1.61 bits per heavy atom. The van der Waals surface area contributed by atoms with E-state index < -0.39 is 21.7 Å². The first-order valence-corrected chi connectivity index (χ1v) is 10.1. The highest BCUT2D eigenvalue weighted by Gasteiger charge is 2.17. The highest BCUT2D eigenvalue weighted by Crippen LogP contribution is 2.25. The number of sulfonamides is 1. The van der Waals surface area contributed by atoms with Crippen LogP contribution in [-0.4, -0.2) is 14.3 Å². The van der Waals surface area contributed by atoms with Gasteiger partial charge in [-0.15, -0.1) is 0 Å². The molecule has 144 valence electrons. The molecule has 0 saturated carbocycles. The third kappa shape index (κ3) is 4.62. The van der Waals surface area contributed by atoms with Crippen molar-refractivity contribution in [2.24, 2.45) is 0 Å². The van der Waals surface area contributed by atoms with Crippen LogP contribution in [0, 0.1) is 5.82 Å². The van der Waals surface area contributed by atoms with Crippen molar-refractivity contribution in [2.45, 2.75) is 4.90 Å². The molecule has 0 aliphatic carbocycles. The highest BCUT2D eigenvalue weighted by molar-refractivity contribution is 7.92. The van der Waals surface area contributed by atoms with Crippen molar-refractivity contribution in [3.05, 3.63) is 88.2 Å². The standard InChI is InChI=1S/C19H13Cl2FN2O3S/c20-12-5-8-14(9-6-12)28(26,27)24-13-7-10-16(21)15(11-13)19(25)23-18-4-2-1-3-17(18)22/h1-11,24H,(H,23,25). The fourth-order valence-corrected chi connectivity index (χ4v) is 3.72. The van der Waals surface area contributed by atoms with E-state index in [4.69, 9.17) is 23.2 Å². The van der Waals surface area contributed by atoms with E-state index in [0.29, 0.717) is 5.02 Å². The Balaban J connectivity index is 1.86. The summed E-state index contributed by atoms with van der Waals surface area (Å²) in [6.07, 6.45) is 0. The fourth-order valence-electron chi connectivity index (χ4n) is 2.34. The number of carbonyl (C=O) groups excluding carboxylic acids is 1. The molecule has 0 unspecified atom stereocenters. The fraction of sp³-hybridized carbons (Fsp3) is 0. The van der Waals surface area contributed by atoms with Crippen LogP contribution in [0.4, 0.5) is 15.8 Å². The van der Waals surface area contributed by atoms with Gasteiger partial charge in [-0.2, -0.15) is 0 Å². The van der Waals surface area contributed by atoms with Crippen molar-refractivity contribution < 1.29 is 17.6 Å². The van der Waals surface area contributed by atoms with E-state index >= 15 is 0 Å². The summed E-state index contributed by atoms with van der Waals surface area (Å²) in [6.45, 7) is 0. The molecule has 0 aromatic heterocycles. The molecule has 3 aromatic rings. The summed E-state index contributed by atoms with van der Waals surface area (Å²) >= 11 is 11.8. The second-order valence-electron chi connectivity index (χ2n) is 5.69. The molecule has 0 saturated heterocycles. The Morgan fingerprint density at radius 3 is 2.29 bits per heavy atom. The number of hydrogen-bond donors (Lipinski definition) is 2. The van der Waals surface area contributed by atoms with Crippen LogP contribution in [0.3, 0.4) is 0 Å².